The Balaban J connectivity index is 2.29. The number of hydrogen-bond acceptors (Lipinski definition) is 3. The molecule has 0 aliphatic rings. The molecule has 2 rings (SSSR count). The number of aryl methyl sites for hydroxylation is 2. The van der Waals surface area contributed by atoms with Crippen molar-refractivity contribution in [1.82, 2.24) is 4.98 Å². The molecule has 1 heterocycles. The van der Waals surface area contributed by atoms with Crippen LogP contribution >= 0.6 is 0 Å². The van der Waals surface area contributed by atoms with Crippen LogP contribution in [0.4, 0.5) is 11.4 Å². The first-order chi connectivity index (χ1) is 8.97. The van der Waals surface area contributed by atoms with Gasteiger partial charge in [0.25, 0.3) is 5.91 Å². The van der Waals surface area contributed by atoms with Crippen molar-refractivity contribution in [3.63, 3.8) is 0 Å². The van der Waals surface area contributed by atoms with Crippen LogP contribution < -0.4 is 16.6 Å². The number of nitrogen functional groups attached to an aromatic ring is 1. The fraction of sp³-hybridized carbons (Fsp3) is 0.143. The molecular weight excluding hydrogens is 242 g/mol. The van der Waals surface area contributed by atoms with E-state index in [1.807, 2.05) is 26.0 Å². The van der Waals surface area contributed by atoms with E-state index < -0.39 is 0 Å². The lowest BCUT2D eigenvalue weighted by molar-refractivity contribution is 0.102. The summed E-state index contributed by atoms with van der Waals surface area (Å²) in [7, 11) is 0. The van der Waals surface area contributed by atoms with Crippen molar-refractivity contribution >= 4 is 17.3 Å². The first-order valence-electron chi connectivity index (χ1n) is 5.84. The SMILES string of the molecule is Cc1cc(N)c(NC(=O)c2cc[nH]c(=O)c2)cc1C. The number of hydrogen-bond donors (Lipinski definition) is 3. The Morgan fingerprint density at radius 2 is 1.89 bits per heavy atom. The van der Waals surface area contributed by atoms with E-state index in [2.05, 4.69) is 10.3 Å². The van der Waals surface area contributed by atoms with Gasteiger partial charge in [0, 0.05) is 17.8 Å². The van der Waals surface area contributed by atoms with Crippen LogP contribution in [-0.4, -0.2) is 10.9 Å². The quantitative estimate of drug-likeness (QED) is 0.717. The average Bonchev–Trinajstić information content (AvgIpc) is 2.36. The number of amides is 1. The number of pyridine rings is 1. The van der Waals surface area contributed by atoms with Crippen molar-refractivity contribution in [3.8, 4) is 0 Å². The Morgan fingerprint density at radius 3 is 2.58 bits per heavy atom. The molecule has 0 atom stereocenters. The van der Waals surface area contributed by atoms with E-state index >= 15 is 0 Å². The van der Waals surface area contributed by atoms with Gasteiger partial charge in [0.1, 0.15) is 0 Å². The highest BCUT2D eigenvalue weighted by Gasteiger charge is 2.09. The van der Waals surface area contributed by atoms with E-state index in [4.69, 9.17) is 5.73 Å². The maximum absolute atomic E-state index is 12.0. The highest BCUT2D eigenvalue weighted by Crippen LogP contribution is 2.23. The highest BCUT2D eigenvalue weighted by molar-refractivity contribution is 6.05. The number of rotatable bonds is 2. The van der Waals surface area contributed by atoms with E-state index in [1.54, 1.807) is 0 Å². The van der Waals surface area contributed by atoms with Crippen molar-refractivity contribution in [2.24, 2.45) is 0 Å². The molecule has 0 fully saturated rings. The first kappa shape index (κ1) is 12.9. The zero-order valence-corrected chi connectivity index (χ0v) is 10.8. The minimum atomic E-state index is -0.360. The van der Waals surface area contributed by atoms with Crippen LogP contribution in [0.2, 0.25) is 0 Å². The Bertz CT molecular complexity index is 689. The second-order valence-corrected chi connectivity index (χ2v) is 4.42. The van der Waals surface area contributed by atoms with Crippen LogP contribution in [0, 0.1) is 13.8 Å². The maximum atomic E-state index is 12.0. The summed E-state index contributed by atoms with van der Waals surface area (Å²) >= 11 is 0. The second-order valence-electron chi connectivity index (χ2n) is 4.42. The summed E-state index contributed by atoms with van der Waals surface area (Å²) in [4.78, 5) is 25.6. The standard InChI is InChI=1S/C14H15N3O2/c1-8-5-11(15)12(6-9(8)2)17-14(19)10-3-4-16-13(18)7-10/h3-7H,15H2,1-2H3,(H,16,18)(H,17,19). The molecule has 1 amide bonds. The van der Waals surface area contributed by atoms with Crippen molar-refractivity contribution in [1.29, 1.82) is 0 Å². The Kier molecular flexibility index (Phi) is 3.37. The van der Waals surface area contributed by atoms with Crippen molar-refractivity contribution in [2.45, 2.75) is 13.8 Å². The van der Waals surface area contributed by atoms with Gasteiger partial charge in [-0.15, -0.1) is 0 Å². The van der Waals surface area contributed by atoms with Crippen molar-refractivity contribution < 1.29 is 4.79 Å². The highest BCUT2D eigenvalue weighted by atomic mass is 16.2. The Labute approximate surface area is 110 Å². The normalized spacial score (nSPS) is 10.2. The third kappa shape index (κ3) is 2.82. The molecule has 0 saturated heterocycles. The molecular formula is C14H15N3O2. The van der Waals surface area contributed by atoms with Gasteiger partial charge in [-0.05, 0) is 43.2 Å². The van der Waals surface area contributed by atoms with Crippen molar-refractivity contribution in [2.75, 3.05) is 11.1 Å². The molecule has 1 aromatic heterocycles. The summed E-state index contributed by atoms with van der Waals surface area (Å²) in [5.74, 6) is -0.360. The van der Waals surface area contributed by atoms with Gasteiger partial charge in [0.15, 0.2) is 0 Å². The van der Waals surface area contributed by atoms with E-state index in [9.17, 15) is 9.59 Å². The molecule has 0 aliphatic heterocycles. The van der Waals surface area contributed by atoms with Gasteiger partial charge in [0.05, 0.1) is 11.4 Å². The minimum absolute atomic E-state index is 0.293. The summed E-state index contributed by atoms with van der Waals surface area (Å²) in [5, 5.41) is 2.71. The smallest absolute Gasteiger partial charge is 0.255 e. The molecule has 1 aromatic carbocycles. The van der Waals surface area contributed by atoms with Gasteiger partial charge < -0.3 is 16.0 Å². The molecule has 0 aliphatic carbocycles. The lowest BCUT2D eigenvalue weighted by Gasteiger charge is -2.11. The van der Waals surface area contributed by atoms with Crippen molar-refractivity contribution in [3.05, 3.63) is 57.5 Å². The van der Waals surface area contributed by atoms with E-state index in [-0.39, 0.29) is 11.5 Å². The zero-order chi connectivity index (χ0) is 14.0. The third-order valence-corrected chi connectivity index (χ3v) is 2.95. The number of aromatic amines is 1. The lowest BCUT2D eigenvalue weighted by atomic mass is 10.1. The van der Waals surface area contributed by atoms with Gasteiger partial charge in [-0.25, -0.2) is 0 Å². The molecule has 0 unspecified atom stereocenters. The fourth-order valence-electron chi connectivity index (χ4n) is 1.73. The predicted molar refractivity (Wildman–Crippen MR) is 75.3 cm³/mol. The molecule has 19 heavy (non-hydrogen) atoms. The van der Waals surface area contributed by atoms with E-state index in [0.29, 0.717) is 16.9 Å². The average molecular weight is 257 g/mol. The molecule has 0 saturated carbocycles. The molecule has 4 N–H and O–H groups in total. The molecule has 0 bridgehead atoms. The fourth-order valence-corrected chi connectivity index (χ4v) is 1.73. The summed E-state index contributed by atoms with van der Waals surface area (Å²) < 4.78 is 0. The number of benzene rings is 1. The monoisotopic (exact) mass is 257 g/mol. The number of H-pyrrole nitrogens is 1. The van der Waals surface area contributed by atoms with Gasteiger partial charge in [-0.3, -0.25) is 9.59 Å². The van der Waals surface area contributed by atoms with Crippen LogP contribution in [0.25, 0.3) is 0 Å². The first-order valence-corrected chi connectivity index (χ1v) is 5.84. The molecule has 0 radical (unpaired) electrons. The summed E-state index contributed by atoms with van der Waals surface area (Å²) in [6, 6.07) is 6.40. The number of carbonyl (C=O) groups excluding carboxylic acids is 1. The number of nitrogens with two attached hydrogens (primary N) is 1. The number of aromatic nitrogens is 1. The molecule has 0 spiro atoms. The number of carbonyl (C=O) groups is 1. The van der Waals surface area contributed by atoms with Gasteiger partial charge >= 0.3 is 0 Å². The zero-order valence-electron chi connectivity index (χ0n) is 10.8. The number of anilines is 2. The Hall–Kier alpha value is -2.56. The van der Waals surface area contributed by atoms with Crippen LogP contribution in [0.5, 0.6) is 0 Å². The maximum Gasteiger partial charge on any atom is 0.255 e. The van der Waals surface area contributed by atoms with Crippen LogP contribution in [-0.2, 0) is 0 Å². The van der Waals surface area contributed by atoms with Crippen LogP contribution in [0.1, 0.15) is 21.5 Å². The predicted octanol–water partition coefficient (Wildman–Crippen LogP) is 1.83. The summed E-state index contributed by atoms with van der Waals surface area (Å²) in [5.41, 5.74) is 8.99. The van der Waals surface area contributed by atoms with Gasteiger partial charge in [-0.2, -0.15) is 0 Å². The third-order valence-electron chi connectivity index (χ3n) is 2.95. The number of nitrogens with one attached hydrogen (secondary N) is 2. The summed E-state index contributed by atoms with van der Waals surface area (Å²) in [6.07, 6.45) is 1.43. The van der Waals surface area contributed by atoms with Crippen LogP contribution in [0.3, 0.4) is 0 Å². The van der Waals surface area contributed by atoms with E-state index in [0.717, 1.165) is 11.1 Å². The molecule has 98 valence electrons. The van der Waals surface area contributed by atoms with Crippen LogP contribution in [0.15, 0.2) is 35.3 Å². The molecule has 2 aromatic rings. The van der Waals surface area contributed by atoms with Gasteiger partial charge in [0.2, 0.25) is 5.56 Å². The largest absolute Gasteiger partial charge is 0.397 e. The Morgan fingerprint density at radius 1 is 1.21 bits per heavy atom. The second kappa shape index (κ2) is 4.97. The topological polar surface area (TPSA) is 88.0 Å². The molecule has 5 nitrogen and oxygen atoms in total. The van der Waals surface area contributed by atoms with E-state index in [1.165, 1.54) is 18.3 Å². The summed E-state index contributed by atoms with van der Waals surface area (Å²) in [6.45, 7) is 3.89. The molecule has 5 heteroatoms. The minimum Gasteiger partial charge on any atom is -0.397 e. The lowest BCUT2D eigenvalue weighted by Crippen LogP contribution is -2.16. The van der Waals surface area contributed by atoms with Gasteiger partial charge in [-0.1, -0.05) is 0 Å².